The van der Waals surface area contributed by atoms with Crippen molar-refractivity contribution in [1.29, 1.82) is 0 Å². The van der Waals surface area contributed by atoms with Crippen LogP contribution in [0.4, 0.5) is 0 Å². The SMILES string of the molecule is CC(N)Cc1cccc2c1ccn2CC1CC2CCC1C2. The number of hydrogen-bond donors (Lipinski definition) is 1. The largest absolute Gasteiger partial charge is 0.347 e. The first kappa shape index (κ1) is 13.4. The highest BCUT2D eigenvalue weighted by Gasteiger charge is 2.39. The van der Waals surface area contributed by atoms with Crippen LogP contribution in [-0.2, 0) is 13.0 Å². The molecule has 2 N–H and O–H groups in total. The van der Waals surface area contributed by atoms with Crippen molar-refractivity contribution in [3.05, 3.63) is 36.0 Å². The first-order valence-electron chi connectivity index (χ1n) is 8.53. The van der Waals surface area contributed by atoms with E-state index in [4.69, 9.17) is 5.73 Å². The van der Waals surface area contributed by atoms with E-state index in [0.717, 1.165) is 24.2 Å². The molecule has 0 spiro atoms. The highest BCUT2D eigenvalue weighted by Crippen LogP contribution is 2.49. The van der Waals surface area contributed by atoms with Gasteiger partial charge in [0.15, 0.2) is 0 Å². The Hall–Kier alpha value is -1.28. The Morgan fingerprint density at radius 3 is 2.86 bits per heavy atom. The van der Waals surface area contributed by atoms with Gasteiger partial charge in [0.2, 0.25) is 0 Å². The molecule has 2 heteroatoms. The quantitative estimate of drug-likeness (QED) is 0.904. The summed E-state index contributed by atoms with van der Waals surface area (Å²) in [5.41, 5.74) is 8.78. The second-order valence-electron chi connectivity index (χ2n) is 7.43. The van der Waals surface area contributed by atoms with Gasteiger partial charge < -0.3 is 10.3 Å². The predicted molar refractivity (Wildman–Crippen MR) is 88.2 cm³/mol. The molecule has 2 aliphatic rings. The summed E-state index contributed by atoms with van der Waals surface area (Å²) in [5.74, 6) is 2.95. The molecule has 2 aromatic rings. The van der Waals surface area contributed by atoms with E-state index in [1.165, 1.54) is 48.7 Å². The lowest BCUT2D eigenvalue weighted by atomic mass is 9.89. The fourth-order valence-electron chi connectivity index (χ4n) is 4.82. The molecule has 112 valence electrons. The highest BCUT2D eigenvalue weighted by atomic mass is 15.0. The second-order valence-corrected chi connectivity index (χ2v) is 7.43. The van der Waals surface area contributed by atoms with E-state index in [1.54, 1.807) is 0 Å². The van der Waals surface area contributed by atoms with E-state index in [1.807, 2.05) is 0 Å². The van der Waals surface area contributed by atoms with Gasteiger partial charge in [0, 0.05) is 29.7 Å². The summed E-state index contributed by atoms with van der Waals surface area (Å²) >= 11 is 0. The van der Waals surface area contributed by atoms with Gasteiger partial charge in [0.25, 0.3) is 0 Å². The molecule has 1 heterocycles. The second kappa shape index (κ2) is 5.17. The van der Waals surface area contributed by atoms with Crippen molar-refractivity contribution in [3.63, 3.8) is 0 Å². The van der Waals surface area contributed by atoms with Gasteiger partial charge in [-0.1, -0.05) is 18.6 Å². The molecule has 21 heavy (non-hydrogen) atoms. The van der Waals surface area contributed by atoms with Gasteiger partial charge >= 0.3 is 0 Å². The van der Waals surface area contributed by atoms with Crippen LogP contribution in [0.25, 0.3) is 10.9 Å². The molecule has 1 aromatic heterocycles. The lowest BCUT2D eigenvalue weighted by Gasteiger charge is -2.22. The van der Waals surface area contributed by atoms with Gasteiger partial charge in [-0.2, -0.15) is 0 Å². The first-order valence-corrected chi connectivity index (χ1v) is 8.53. The maximum Gasteiger partial charge on any atom is 0.0483 e. The summed E-state index contributed by atoms with van der Waals surface area (Å²) in [6.07, 6.45) is 9.19. The van der Waals surface area contributed by atoms with Crippen LogP contribution in [0.1, 0.15) is 38.2 Å². The molecule has 2 saturated carbocycles. The predicted octanol–water partition coefficient (Wildman–Crippen LogP) is 3.97. The number of fused-ring (bicyclic) bond motifs is 3. The summed E-state index contributed by atoms with van der Waals surface area (Å²) in [4.78, 5) is 0. The summed E-state index contributed by atoms with van der Waals surface area (Å²) in [5, 5.41) is 1.40. The summed E-state index contributed by atoms with van der Waals surface area (Å²) < 4.78 is 2.49. The molecule has 0 aliphatic heterocycles. The van der Waals surface area contributed by atoms with Crippen molar-refractivity contribution in [1.82, 2.24) is 4.57 Å². The van der Waals surface area contributed by atoms with E-state index in [2.05, 4.69) is 42.0 Å². The maximum absolute atomic E-state index is 5.99. The molecular formula is C19H26N2. The molecular weight excluding hydrogens is 256 g/mol. The third-order valence-electron chi connectivity index (χ3n) is 5.76. The van der Waals surface area contributed by atoms with Crippen molar-refractivity contribution in [3.8, 4) is 0 Å². The van der Waals surface area contributed by atoms with Crippen LogP contribution >= 0.6 is 0 Å². The van der Waals surface area contributed by atoms with Crippen LogP contribution in [0.2, 0.25) is 0 Å². The van der Waals surface area contributed by atoms with Gasteiger partial charge in [-0.05, 0) is 68.1 Å². The number of nitrogens with zero attached hydrogens (tertiary/aromatic N) is 1. The zero-order chi connectivity index (χ0) is 14.4. The van der Waals surface area contributed by atoms with Crippen molar-refractivity contribution < 1.29 is 0 Å². The Bertz CT molecular complexity index is 640. The zero-order valence-corrected chi connectivity index (χ0v) is 13.0. The van der Waals surface area contributed by atoms with Crippen LogP contribution in [0.5, 0.6) is 0 Å². The third-order valence-corrected chi connectivity index (χ3v) is 5.76. The van der Waals surface area contributed by atoms with Crippen LogP contribution in [0, 0.1) is 17.8 Å². The first-order chi connectivity index (χ1) is 10.2. The molecule has 1 aromatic carbocycles. The fourth-order valence-corrected chi connectivity index (χ4v) is 4.82. The minimum absolute atomic E-state index is 0.226. The zero-order valence-electron chi connectivity index (χ0n) is 13.0. The van der Waals surface area contributed by atoms with Crippen LogP contribution < -0.4 is 5.73 Å². The summed E-state index contributed by atoms with van der Waals surface area (Å²) in [6, 6.07) is 9.21. The molecule has 0 radical (unpaired) electrons. The number of benzene rings is 1. The lowest BCUT2D eigenvalue weighted by Crippen LogP contribution is -2.18. The van der Waals surface area contributed by atoms with Crippen molar-refractivity contribution in [2.24, 2.45) is 23.5 Å². The standard InChI is InChI=1S/C19H26N2/c1-13(20)9-16-3-2-4-19-18(16)7-8-21(19)12-17-11-14-5-6-15(17)10-14/h2-4,7-8,13-15,17H,5-6,9-12,20H2,1H3. The molecule has 0 amide bonds. The Labute approximate surface area is 127 Å². The van der Waals surface area contributed by atoms with Crippen LogP contribution in [0.15, 0.2) is 30.5 Å². The Kier molecular flexibility index (Phi) is 3.30. The van der Waals surface area contributed by atoms with Gasteiger partial charge in [0.1, 0.15) is 0 Å². The number of aromatic nitrogens is 1. The molecule has 4 rings (SSSR count). The van der Waals surface area contributed by atoms with Gasteiger partial charge in [-0.25, -0.2) is 0 Å². The molecule has 0 saturated heterocycles. The number of rotatable bonds is 4. The minimum atomic E-state index is 0.226. The van der Waals surface area contributed by atoms with E-state index in [0.29, 0.717) is 0 Å². The smallest absolute Gasteiger partial charge is 0.0483 e. The fraction of sp³-hybridized carbons (Fsp3) is 0.579. The third kappa shape index (κ3) is 2.40. The Morgan fingerprint density at radius 2 is 2.14 bits per heavy atom. The van der Waals surface area contributed by atoms with E-state index in [9.17, 15) is 0 Å². The maximum atomic E-state index is 5.99. The minimum Gasteiger partial charge on any atom is -0.347 e. The van der Waals surface area contributed by atoms with Gasteiger partial charge in [0.05, 0.1) is 0 Å². The van der Waals surface area contributed by atoms with Gasteiger partial charge in [-0.3, -0.25) is 0 Å². The van der Waals surface area contributed by atoms with Crippen molar-refractivity contribution in [2.75, 3.05) is 0 Å². The van der Waals surface area contributed by atoms with Crippen molar-refractivity contribution in [2.45, 2.75) is 51.6 Å². The van der Waals surface area contributed by atoms with Crippen LogP contribution in [0.3, 0.4) is 0 Å². The topological polar surface area (TPSA) is 30.9 Å². The molecule has 4 unspecified atom stereocenters. The molecule has 2 fully saturated rings. The monoisotopic (exact) mass is 282 g/mol. The van der Waals surface area contributed by atoms with E-state index < -0.39 is 0 Å². The average molecular weight is 282 g/mol. The summed E-state index contributed by atoms with van der Waals surface area (Å²) in [6.45, 7) is 3.30. The normalized spacial score (nSPS) is 29.3. The van der Waals surface area contributed by atoms with E-state index >= 15 is 0 Å². The molecule has 2 nitrogen and oxygen atoms in total. The average Bonchev–Trinajstić information content (AvgIpc) is 3.14. The lowest BCUT2D eigenvalue weighted by molar-refractivity contribution is 0.299. The number of hydrogen-bond acceptors (Lipinski definition) is 1. The molecule has 2 bridgehead atoms. The number of nitrogens with two attached hydrogens (primary N) is 1. The van der Waals surface area contributed by atoms with E-state index in [-0.39, 0.29) is 6.04 Å². The highest BCUT2D eigenvalue weighted by molar-refractivity contribution is 5.83. The van der Waals surface area contributed by atoms with Crippen molar-refractivity contribution >= 4 is 10.9 Å². The Morgan fingerprint density at radius 1 is 1.24 bits per heavy atom. The Balaban J connectivity index is 1.61. The molecule has 2 aliphatic carbocycles. The summed E-state index contributed by atoms with van der Waals surface area (Å²) in [7, 11) is 0. The van der Waals surface area contributed by atoms with Crippen LogP contribution in [-0.4, -0.2) is 10.6 Å². The molecule has 4 atom stereocenters. The van der Waals surface area contributed by atoms with Gasteiger partial charge in [-0.15, -0.1) is 0 Å².